The molecule has 2 aromatic carbocycles. The van der Waals surface area contributed by atoms with Crippen LogP contribution in [-0.4, -0.2) is 25.6 Å². The highest BCUT2D eigenvalue weighted by Gasteiger charge is 2.24. The summed E-state index contributed by atoms with van der Waals surface area (Å²) in [6, 6.07) is 11.2. The molecule has 0 aromatic heterocycles. The summed E-state index contributed by atoms with van der Waals surface area (Å²) in [5, 5.41) is 10.9. The first-order valence-corrected chi connectivity index (χ1v) is 9.48. The van der Waals surface area contributed by atoms with Gasteiger partial charge in [0.2, 0.25) is 10.0 Å². The van der Waals surface area contributed by atoms with Crippen LogP contribution >= 0.6 is 11.8 Å². The molecule has 0 fully saturated rings. The van der Waals surface area contributed by atoms with E-state index >= 15 is 0 Å². The molecule has 2 rings (SSSR count). The summed E-state index contributed by atoms with van der Waals surface area (Å²) in [6.45, 7) is 0.155. The zero-order chi connectivity index (χ0) is 17.6. The third kappa shape index (κ3) is 5.02. The molecule has 128 valence electrons. The summed E-state index contributed by atoms with van der Waals surface area (Å²) in [6.07, 6.45) is 0.530. The van der Waals surface area contributed by atoms with E-state index in [0.29, 0.717) is 12.2 Å². The van der Waals surface area contributed by atoms with E-state index in [0.717, 1.165) is 11.0 Å². The monoisotopic (exact) mass is 370 g/mol. The van der Waals surface area contributed by atoms with Crippen molar-refractivity contribution in [2.75, 3.05) is 12.3 Å². The van der Waals surface area contributed by atoms with Gasteiger partial charge in [-0.2, -0.15) is 0 Å². The molecule has 0 bridgehead atoms. The van der Waals surface area contributed by atoms with E-state index in [1.54, 1.807) is 12.1 Å². The van der Waals surface area contributed by atoms with Crippen LogP contribution in [0.1, 0.15) is 6.42 Å². The maximum Gasteiger partial charge on any atom is 0.289 e. The van der Waals surface area contributed by atoms with Crippen molar-refractivity contribution in [1.82, 2.24) is 4.72 Å². The molecule has 0 atom stereocenters. The number of nitrogens with zero attached hydrogens (tertiary/aromatic N) is 1. The lowest BCUT2D eigenvalue weighted by atomic mass is 10.3. The molecule has 0 amide bonds. The van der Waals surface area contributed by atoms with Crippen LogP contribution in [0.5, 0.6) is 0 Å². The fourth-order valence-corrected chi connectivity index (χ4v) is 4.01. The van der Waals surface area contributed by atoms with Crippen molar-refractivity contribution in [3.8, 4) is 0 Å². The first-order valence-electron chi connectivity index (χ1n) is 7.01. The highest BCUT2D eigenvalue weighted by molar-refractivity contribution is 7.99. The van der Waals surface area contributed by atoms with Gasteiger partial charge in [0, 0.05) is 17.5 Å². The number of nitro benzene ring substituents is 1. The summed E-state index contributed by atoms with van der Waals surface area (Å²) in [5.74, 6) is 0.321. The Kier molecular flexibility index (Phi) is 6.29. The number of nitrogens with one attached hydrogen (secondary N) is 1. The minimum Gasteiger partial charge on any atom is -0.258 e. The van der Waals surface area contributed by atoms with E-state index in [-0.39, 0.29) is 17.3 Å². The van der Waals surface area contributed by atoms with Gasteiger partial charge >= 0.3 is 0 Å². The molecule has 0 saturated carbocycles. The molecule has 0 radical (unpaired) electrons. The van der Waals surface area contributed by atoms with Crippen LogP contribution in [0, 0.1) is 15.9 Å². The van der Waals surface area contributed by atoms with Crippen LogP contribution in [0.4, 0.5) is 10.1 Å². The number of hydrogen-bond donors (Lipinski definition) is 1. The van der Waals surface area contributed by atoms with Crippen molar-refractivity contribution in [3.05, 3.63) is 64.5 Å². The average molecular weight is 370 g/mol. The fourth-order valence-electron chi connectivity index (χ4n) is 1.91. The minimum absolute atomic E-state index is 0.155. The quantitative estimate of drug-likeness (QED) is 0.334. The van der Waals surface area contributed by atoms with Gasteiger partial charge in [0.15, 0.2) is 4.90 Å². The molecule has 0 unspecified atom stereocenters. The topological polar surface area (TPSA) is 89.3 Å². The molecule has 1 N–H and O–H groups in total. The third-order valence-corrected chi connectivity index (χ3v) is 5.65. The molecule has 0 aliphatic carbocycles. The number of rotatable bonds is 8. The molecule has 0 heterocycles. The van der Waals surface area contributed by atoms with Gasteiger partial charge in [0.25, 0.3) is 5.69 Å². The van der Waals surface area contributed by atoms with E-state index < -0.39 is 20.6 Å². The van der Waals surface area contributed by atoms with Crippen LogP contribution in [0.25, 0.3) is 0 Å². The number of thioether (sulfide) groups is 1. The van der Waals surface area contributed by atoms with Crippen molar-refractivity contribution >= 4 is 27.5 Å². The molecule has 2 aromatic rings. The summed E-state index contributed by atoms with van der Waals surface area (Å²) >= 11 is 1.47. The van der Waals surface area contributed by atoms with Crippen molar-refractivity contribution in [2.24, 2.45) is 0 Å². The largest absolute Gasteiger partial charge is 0.289 e. The molecule has 0 saturated heterocycles. The van der Waals surface area contributed by atoms with Crippen molar-refractivity contribution in [3.63, 3.8) is 0 Å². The number of nitro groups is 1. The lowest BCUT2D eigenvalue weighted by molar-refractivity contribution is -0.387. The van der Waals surface area contributed by atoms with E-state index in [9.17, 15) is 22.9 Å². The Morgan fingerprint density at radius 2 is 1.79 bits per heavy atom. The minimum atomic E-state index is -3.94. The summed E-state index contributed by atoms with van der Waals surface area (Å²) < 4.78 is 39.5. The third-order valence-electron chi connectivity index (χ3n) is 3.05. The first-order chi connectivity index (χ1) is 11.4. The molecule has 9 heteroatoms. The van der Waals surface area contributed by atoms with E-state index in [4.69, 9.17) is 0 Å². The lowest BCUT2D eigenvalue weighted by Gasteiger charge is -2.07. The number of halogens is 1. The molecular formula is C15H15FN2O4S2. The highest BCUT2D eigenvalue weighted by Crippen LogP contribution is 2.23. The summed E-state index contributed by atoms with van der Waals surface area (Å²) in [5.41, 5.74) is -0.453. The van der Waals surface area contributed by atoms with Crippen molar-refractivity contribution in [2.45, 2.75) is 16.2 Å². The molecule has 24 heavy (non-hydrogen) atoms. The molecule has 0 spiro atoms. The Labute approximate surface area is 143 Å². The van der Waals surface area contributed by atoms with Crippen LogP contribution < -0.4 is 4.72 Å². The number of benzene rings is 2. The van der Waals surface area contributed by atoms with Crippen LogP contribution in [0.15, 0.2) is 58.3 Å². The van der Waals surface area contributed by atoms with Gasteiger partial charge in [-0.25, -0.2) is 17.5 Å². The second kappa shape index (κ2) is 8.22. The summed E-state index contributed by atoms with van der Waals surface area (Å²) in [4.78, 5) is 10.7. The number of sulfonamides is 1. The van der Waals surface area contributed by atoms with Gasteiger partial charge in [0.1, 0.15) is 5.82 Å². The van der Waals surface area contributed by atoms with Gasteiger partial charge in [0.05, 0.1) is 4.92 Å². The summed E-state index contributed by atoms with van der Waals surface area (Å²) in [7, 11) is -3.94. The normalized spacial score (nSPS) is 11.4. The fraction of sp³-hybridized carbons (Fsp3) is 0.200. The van der Waals surface area contributed by atoms with Gasteiger partial charge < -0.3 is 0 Å². The Morgan fingerprint density at radius 3 is 2.46 bits per heavy atom. The van der Waals surface area contributed by atoms with Crippen molar-refractivity contribution in [1.29, 1.82) is 0 Å². The Balaban J connectivity index is 1.87. The Morgan fingerprint density at radius 1 is 1.12 bits per heavy atom. The van der Waals surface area contributed by atoms with E-state index in [2.05, 4.69) is 4.72 Å². The van der Waals surface area contributed by atoms with Gasteiger partial charge in [-0.1, -0.05) is 12.1 Å². The van der Waals surface area contributed by atoms with Crippen LogP contribution in [-0.2, 0) is 10.0 Å². The maximum absolute atomic E-state index is 12.8. The van der Waals surface area contributed by atoms with E-state index in [1.165, 1.54) is 42.1 Å². The average Bonchev–Trinajstić information content (AvgIpc) is 2.56. The Hall–Kier alpha value is -1.97. The van der Waals surface area contributed by atoms with Crippen molar-refractivity contribution < 1.29 is 17.7 Å². The first kappa shape index (κ1) is 18.4. The van der Waals surface area contributed by atoms with Gasteiger partial charge in [-0.05, 0) is 42.5 Å². The molecule has 6 nitrogen and oxygen atoms in total. The smallest absolute Gasteiger partial charge is 0.258 e. The number of hydrogen-bond acceptors (Lipinski definition) is 5. The molecule has 0 aliphatic heterocycles. The predicted molar refractivity (Wildman–Crippen MR) is 90.0 cm³/mol. The van der Waals surface area contributed by atoms with Gasteiger partial charge in [-0.3, -0.25) is 10.1 Å². The maximum atomic E-state index is 12.8. The lowest BCUT2D eigenvalue weighted by Crippen LogP contribution is -2.25. The molecule has 0 aliphatic rings. The second-order valence-electron chi connectivity index (χ2n) is 4.78. The van der Waals surface area contributed by atoms with Gasteiger partial charge in [-0.15, -0.1) is 11.8 Å². The zero-order valence-electron chi connectivity index (χ0n) is 12.5. The second-order valence-corrected chi connectivity index (χ2v) is 7.68. The predicted octanol–water partition coefficient (Wildman–Crippen LogP) is 3.19. The van der Waals surface area contributed by atoms with E-state index in [1.807, 2.05) is 0 Å². The zero-order valence-corrected chi connectivity index (χ0v) is 14.1. The molecular weight excluding hydrogens is 355 g/mol. The Bertz CT molecular complexity index is 810. The van der Waals surface area contributed by atoms with Crippen LogP contribution in [0.3, 0.4) is 0 Å². The standard InChI is InChI=1S/C15H15FN2O4S2/c16-12-6-8-13(9-7-12)23-11-3-10-17-24(21,22)15-5-2-1-4-14(15)18(19)20/h1-2,4-9,17H,3,10-11H2. The van der Waals surface area contributed by atoms with Crippen LogP contribution in [0.2, 0.25) is 0 Å². The SMILES string of the molecule is O=[N+]([O-])c1ccccc1S(=O)(=O)NCCCSc1ccc(F)cc1. The highest BCUT2D eigenvalue weighted by atomic mass is 32.2. The number of para-hydroxylation sites is 1.